The summed E-state index contributed by atoms with van der Waals surface area (Å²) in [5.41, 5.74) is -0.952. The van der Waals surface area contributed by atoms with Crippen molar-refractivity contribution in [3.63, 3.8) is 0 Å². The van der Waals surface area contributed by atoms with Crippen LogP contribution in [0, 0.1) is 0 Å². The molecular weight excluding hydrogens is 287 g/mol. The lowest BCUT2D eigenvalue weighted by Crippen LogP contribution is -2.25. The number of carbonyl (C=O) groups excluding carboxylic acids is 1. The maximum Gasteiger partial charge on any atom is 0.435 e. The topological polar surface area (TPSA) is 60.1 Å². The first kappa shape index (κ1) is 14.9. The second-order valence-corrected chi connectivity index (χ2v) is 4.10. The van der Waals surface area contributed by atoms with E-state index in [4.69, 9.17) is 4.42 Å². The smallest absolute Gasteiger partial charge is 0.435 e. The van der Waals surface area contributed by atoms with Crippen LogP contribution in [0.1, 0.15) is 11.5 Å². The number of furan rings is 1. The van der Waals surface area contributed by atoms with E-state index in [0.717, 1.165) is 10.7 Å². The zero-order valence-corrected chi connectivity index (χ0v) is 10.8. The Labute approximate surface area is 118 Å². The molecule has 0 aliphatic rings. The van der Waals surface area contributed by atoms with Crippen LogP contribution in [0.3, 0.4) is 0 Å². The van der Waals surface area contributed by atoms with E-state index in [-0.39, 0.29) is 19.0 Å². The Kier molecular flexibility index (Phi) is 4.46. The summed E-state index contributed by atoms with van der Waals surface area (Å²) in [5.74, 6) is 0.168. The number of hydrogen-bond acceptors (Lipinski definition) is 3. The molecule has 0 atom stereocenters. The molecule has 0 aliphatic carbocycles. The van der Waals surface area contributed by atoms with Gasteiger partial charge in [0.1, 0.15) is 5.76 Å². The third kappa shape index (κ3) is 4.51. The van der Waals surface area contributed by atoms with E-state index < -0.39 is 11.9 Å². The van der Waals surface area contributed by atoms with Gasteiger partial charge in [-0.1, -0.05) is 0 Å². The van der Waals surface area contributed by atoms with E-state index in [1.165, 1.54) is 24.6 Å². The molecule has 0 saturated carbocycles. The van der Waals surface area contributed by atoms with Gasteiger partial charge in [0.25, 0.3) is 0 Å². The molecule has 0 radical (unpaired) electrons. The van der Waals surface area contributed by atoms with Gasteiger partial charge < -0.3 is 9.73 Å². The molecule has 2 rings (SSSR count). The molecule has 1 amide bonds. The van der Waals surface area contributed by atoms with Crippen LogP contribution in [-0.2, 0) is 17.5 Å². The highest BCUT2D eigenvalue weighted by molar-refractivity contribution is 5.91. The van der Waals surface area contributed by atoms with Crippen molar-refractivity contribution in [1.82, 2.24) is 15.1 Å². The second-order valence-electron chi connectivity index (χ2n) is 4.10. The molecule has 112 valence electrons. The Balaban J connectivity index is 1.76. The molecular formula is C13H12F3N3O2. The van der Waals surface area contributed by atoms with Crippen LogP contribution in [0.2, 0.25) is 0 Å². The molecule has 0 fully saturated rings. The van der Waals surface area contributed by atoms with Gasteiger partial charge in [-0.25, -0.2) is 0 Å². The standard InChI is InChI=1S/C13H12F3N3O2/c14-13(15,16)11-5-7-19(18-11)8-6-17-12(20)4-3-10-2-1-9-21-10/h1-5,7,9H,6,8H2,(H,17,20)/b4-3+. The number of carbonyl (C=O) groups is 1. The van der Waals surface area contributed by atoms with Gasteiger partial charge >= 0.3 is 6.18 Å². The molecule has 5 nitrogen and oxygen atoms in total. The number of hydrogen-bond donors (Lipinski definition) is 1. The summed E-state index contributed by atoms with van der Waals surface area (Å²) >= 11 is 0. The zero-order valence-electron chi connectivity index (χ0n) is 10.8. The Morgan fingerprint density at radius 1 is 1.43 bits per heavy atom. The van der Waals surface area contributed by atoms with Gasteiger partial charge in [0.05, 0.1) is 12.8 Å². The molecule has 0 bridgehead atoms. The van der Waals surface area contributed by atoms with Crippen molar-refractivity contribution >= 4 is 12.0 Å². The predicted octanol–water partition coefficient (Wildman–Crippen LogP) is 2.32. The summed E-state index contributed by atoms with van der Waals surface area (Å²) in [4.78, 5) is 11.4. The fourth-order valence-electron chi connectivity index (χ4n) is 1.53. The van der Waals surface area contributed by atoms with Gasteiger partial charge in [-0.05, 0) is 24.3 Å². The molecule has 0 spiro atoms. The predicted molar refractivity (Wildman–Crippen MR) is 68.0 cm³/mol. The van der Waals surface area contributed by atoms with E-state index in [1.807, 2.05) is 0 Å². The number of rotatable bonds is 5. The van der Waals surface area contributed by atoms with Crippen LogP contribution in [0.25, 0.3) is 6.08 Å². The van der Waals surface area contributed by atoms with Crippen molar-refractivity contribution in [2.75, 3.05) is 6.54 Å². The molecule has 2 aromatic heterocycles. The number of nitrogens with zero attached hydrogens (tertiary/aromatic N) is 2. The summed E-state index contributed by atoms with van der Waals surface area (Å²) < 4.78 is 43.1. The van der Waals surface area contributed by atoms with Crippen molar-refractivity contribution in [1.29, 1.82) is 0 Å². The minimum absolute atomic E-state index is 0.149. The van der Waals surface area contributed by atoms with Gasteiger partial charge in [0.15, 0.2) is 5.69 Å². The Hall–Kier alpha value is -2.51. The quantitative estimate of drug-likeness (QED) is 0.862. The fourth-order valence-corrected chi connectivity index (χ4v) is 1.53. The number of halogens is 3. The van der Waals surface area contributed by atoms with Gasteiger partial charge in [-0.15, -0.1) is 0 Å². The van der Waals surface area contributed by atoms with Crippen LogP contribution >= 0.6 is 0 Å². The maximum atomic E-state index is 12.3. The molecule has 8 heteroatoms. The third-order valence-electron chi connectivity index (χ3n) is 2.51. The minimum atomic E-state index is -4.46. The first-order chi connectivity index (χ1) is 9.95. The molecule has 0 unspecified atom stereocenters. The number of amides is 1. The first-order valence-corrected chi connectivity index (χ1v) is 6.05. The van der Waals surface area contributed by atoms with Crippen molar-refractivity contribution < 1.29 is 22.4 Å². The zero-order chi connectivity index (χ0) is 15.3. The average molecular weight is 299 g/mol. The van der Waals surface area contributed by atoms with Crippen molar-refractivity contribution in [2.45, 2.75) is 12.7 Å². The lowest BCUT2D eigenvalue weighted by molar-refractivity contribution is -0.141. The van der Waals surface area contributed by atoms with E-state index in [2.05, 4.69) is 10.4 Å². The summed E-state index contributed by atoms with van der Waals surface area (Å²) in [6, 6.07) is 4.26. The van der Waals surface area contributed by atoms with E-state index in [0.29, 0.717) is 5.76 Å². The molecule has 21 heavy (non-hydrogen) atoms. The lowest BCUT2D eigenvalue weighted by Gasteiger charge is -2.03. The van der Waals surface area contributed by atoms with Crippen molar-refractivity contribution in [2.24, 2.45) is 0 Å². The second kappa shape index (κ2) is 6.29. The van der Waals surface area contributed by atoms with E-state index in [1.54, 1.807) is 12.1 Å². The SMILES string of the molecule is O=C(/C=C/c1ccco1)NCCn1ccc(C(F)(F)F)n1. The summed E-state index contributed by atoms with van der Waals surface area (Å²) in [6.45, 7) is 0.316. The molecule has 2 aromatic rings. The van der Waals surface area contributed by atoms with Gasteiger partial charge in [-0.3, -0.25) is 9.48 Å². The molecule has 2 heterocycles. The van der Waals surface area contributed by atoms with Crippen LogP contribution in [0.4, 0.5) is 13.2 Å². The highest BCUT2D eigenvalue weighted by atomic mass is 19.4. The van der Waals surface area contributed by atoms with Crippen molar-refractivity contribution in [3.8, 4) is 0 Å². The summed E-state index contributed by atoms with van der Waals surface area (Å²) in [5, 5.41) is 5.90. The number of aromatic nitrogens is 2. The minimum Gasteiger partial charge on any atom is -0.465 e. The largest absolute Gasteiger partial charge is 0.465 e. The third-order valence-corrected chi connectivity index (χ3v) is 2.51. The van der Waals surface area contributed by atoms with Gasteiger partial charge in [0, 0.05) is 18.8 Å². The Bertz CT molecular complexity index is 615. The molecule has 0 aliphatic heterocycles. The highest BCUT2D eigenvalue weighted by Crippen LogP contribution is 2.27. The average Bonchev–Trinajstić information content (AvgIpc) is 3.07. The first-order valence-electron chi connectivity index (χ1n) is 6.05. The Morgan fingerprint density at radius 2 is 2.24 bits per heavy atom. The highest BCUT2D eigenvalue weighted by Gasteiger charge is 2.33. The number of alkyl halides is 3. The molecule has 1 N–H and O–H groups in total. The lowest BCUT2D eigenvalue weighted by atomic mass is 10.4. The monoisotopic (exact) mass is 299 g/mol. The van der Waals surface area contributed by atoms with Crippen LogP contribution in [-0.4, -0.2) is 22.2 Å². The van der Waals surface area contributed by atoms with Gasteiger partial charge in [-0.2, -0.15) is 18.3 Å². The van der Waals surface area contributed by atoms with Crippen LogP contribution in [0.15, 0.2) is 41.2 Å². The van der Waals surface area contributed by atoms with Gasteiger partial charge in [0.2, 0.25) is 5.91 Å². The van der Waals surface area contributed by atoms with E-state index in [9.17, 15) is 18.0 Å². The van der Waals surface area contributed by atoms with Crippen LogP contribution < -0.4 is 5.32 Å². The fraction of sp³-hybridized carbons (Fsp3) is 0.231. The normalized spacial score (nSPS) is 12.0. The Morgan fingerprint density at radius 3 is 2.86 bits per heavy atom. The molecule has 0 saturated heterocycles. The molecule has 0 aromatic carbocycles. The number of nitrogens with one attached hydrogen (secondary N) is 1. The van der Waals surface area contributed by atoms with E-state index >= 15 is 0 Å². The maximum absolute atomic E-state index is 12.3. The van der Waals surface area contributed by atoms with Crippen molar-refractivity contribution in [3.05, 3.63) is 48.2 Å². The van der Waals surface area contributed by atoms with Crippen LogP contribution in [0.5, 0.6) is 0 Å². The summed E-state index contributed by atoms with van der Waals surface area (Å²) in [6.07, 6.45) is 1.01. The summed E-state index contributed by atoms with van der Waals surface area (Å²) in [7, 11) is 0.